The Morgan fingerprint density at radius 2 is 2.40 bits per heavy atom. The molecule has 1 aromatic heterocycles. The molecule has 2 unspecified atom stereocenters. The Bertz CT molecular complexity index is 427. The van der Waals surface area contributed by atoms with Gasteiger partial charge in [-0.15, -0.1) is 11.3 Å². The van der Waals surface area contributed by atoms with Crippen molar-refractivity contribution in [1.29, 1.82) is 0 Å². The Hall–Kier alpha value is -1.07. The lowest BCUT2D eigenvalue weighted by atomic mass is 10.2. The van der Waals surface area contributed by atoms with Crippen molar-refractivity contribution in [1.82, 2.24) is 10.6 Å². The van der Waals surface area contributed by atoms with Gasteiger partial charge in [-0.05, 0) is 45.2 Å². The van der Waals surface area contributed by atoms with Crippen molar-refractivity contribution in [2.45, 2.75) is 51.7 Å². The van der Waals surface area contributed by atoms with Gasteiger partial charge in [0.25, 0.3) is 0 Å². The van der Waals surface area contributed by atoms with Crippen molar-refractivity contribution in [2.75, 3.05) is 13.2 Å². The number of thiophene rings is 1. The molecule has 0 aliphatic carbocycles. The van der Waals surface area contributed by atoms with Crippen molar-refractivity contribution in [3.05, 3.63) is 21.9 Å². The molecule has 0 bridgehead atoms. The first-order valence-corrected chi connectivity index (χ1v) is 8.16. The Balaban J connectivity index is 1.60. The number of urea groups is 1. The molecule has 2 amide bonds. The summed E-state index contributed by atoms with van der Waals surface area (Å²) in [4.78, 5) is 14.4. The van der Waals surface area contributed by atoms with Gasteiger partial charge in [-0.3, -0.25) is 0 Å². The third kappa shape index (κ3) is 5.13. The van der Waals surface area contributed by atoms with E-state index in [1.165, 1.54) is 9.75 Å². The minimum absolute atomic E-state index is 0.0798. The molecule has 5 heteroatoms. The summed E-state index contributed by atoms with van der Waals surface area (Å²) in [6.45, 7) is 5.69. The lowest BCUT2D eigenvalue weighted by Crippen LogP contribution is -2.42. The topological polar surface area (TPSA) is 50.4 Å². The second-order valence-corrected chi connectivity index (χ2v) is 6.81. The molecule has 0 aromatic carbocycles. The lowest BCUT2D eigenvalue weighted by molar-refractivity contribution is 0.104. The standard InChI is InChI=1S/C15H24N2O2S/c1-11(10-14-6-5-12(2)20-14)17-15(18)16-8-7-13-4-3-9-19-13/h5-6,11,13H,3-4,7-10H2,1-2H3,(H2,16,17,18). The van der Waals surface area contributed by atoms with Crippen LogP contribution in [-0.4, -0.2) is 31.3 Å². The normalized spacial score (nSPS) is 19.8. The summed E-state index contributed by atoms with van der Waals surface area (Å²) in [5, 5.41) is 5.88. The second kappa shape index (κ2) is 7.64. The molecular weight excluding hydrogens is 272 g/mol. The van der Waals surface area contributed by atoms with E-state index in [4.69, 9.17) is 4.74 Å². The zero-order valence-corrected chi connectivity index (χ0v) is 13.1. The van der Waals surface area contributed by atoms with Gasteiger partial charge in [0.2, 0.25) is 0 Å². The number of aryl methyl sites for hydroxylation is 1. The molecule has 2 atom stereocenters. The summed E-state index contributed by atoms with van der Waals surface area (Å²) in [5.41, 5.74) is 0. The van der Waals surface area contributed by atoms with Crippen LogP contribution in [-0.2, 0) is 11.2 Å². The molecule has 2 N–H and O–H groups in total. The molecule has 112 valence electrons. The highest BCUT2D eigenvalue weighted by Crippen LogP contribution is 2.16. The highest BCUT2D eigenvalue weighted by Gasteiger charge is 2.15. The summed E-state index contributed by atoms with van der Waals surface area (Å²) >= 11 is 1.79. The molecule has 1 aliphatic rings. The summed E-state index contributed by atoms with van der Waals surface area (Å²) in [6, 6.07) is 4.32. The van der Waals surface area contributed by atoms with Gasteiger partial charge in [0, 0.05) is 35.4 Å². The van der Waals surface area contributed by atoms with Crippen molar-refractivity contribution in [3.8, 4) is 0 Å². The largest absolute Gasteiger partial charge is 0.378 e. The van der Waals surface area contributed by atoms with E-state index in [0.717, 1.165) is 32.3 Å². The predicted octanol–water partition coefficient (Wildman–Crippen LogP) is 2.86. The van der Waals surface area contributed by atoms with Crippen LogP contribution in [0, 0.1) is 6.92 Å². The monoisotopic (exact) mass is 296 g/mol. The maximum absolute atomic E-state index is 11.8. The highest BCUT2D eigenvalue weighted by molar-refractivity contribution is 7.11. The van der Waals surface area contributed by atoms with Crippen LogP contribution in [0.15, 0.2) is 12.1 Å². The minimum Gasteiger partial charge on any atom is -0.378 e. The van der Waals surface area contributed by atoms with E-state index in [1.807, 2.05) is 6.92 Å². The molecule has 2 heterocycles. The molecule has 2 rings (SSSR count). The molecule has 0 radical (unpaired) electrons. The Morgan fingerprint density at radius 3 is 3.05 bits per heavy atom. The number of ether oxygens (including phenoxy) is 1. The van der Waals surface area contributed by atoms with Crippen LogP contribution >= 0.6 is 11.3 Å². The number of amides is 2. The molecule has 1 aromatic rings. The van der Waals surface area contributed by atoms with Crippen molar-refractivity contribution >= 4 is 17.4 Å². The lowest BCUT2D eigenvalue weighted by Gasteiger charge is -2.15. The fraction of sp³-hybridized carbons (Fsp3) is 0.667. The van der Waals surface area contributed by atoms with E-state index in [0.29, 0.717) is 12.6 Å². The third-order valence-corrected chi connectivity index (χ3v) is 4.48. The van der Waals surface area contributed by atoms with Crippen molar-refractivity contribution < 1.29 is 9.53 Å². The molecule has 4 nitrogen and oxygen atoms in total. The number of carbonyl (C=O) groups is 1. The number of nitrogens with one attached hydrogen (secondary N) is 2. The minimum atomic E-state index is -0.0798. The van der Waals surface area contributed by atoms with Crippen LogP contribution in [0.25, 0.3) is 0 Å². The van der Waals surface area contributed by atoms with Gasteiger partial charge in [0.1, 0.15) is 0 Å². The smallest absolute Gasteiger partial charge is 0.315 e. The van der Waals surface area contributed by atoms with Crippen LogP contribution in [0.4, 0.5) is 4.79 Å². The third-order valence-electron chi connectivity index (χ3n) is 3.46. The molecule has 1 fully saturated rings. The first-order chi connectivity index (χ1) is 9.63. The number of rotatable bonds is 6. The van der Waals surface area contributed by atoms with Crippen LogP contribution in [0.1, 0.15) is 35.9 Å². The molecule has 1 saturated heterocycles. The maximum atomic E-state index is 11.8. The fourth-order valence-corrected chi connectivity index (χ4v) is 3.46. The van der Waals surface area contributed by atoms with Gasteiger partial charge < -0.3 is 15.4 Å². The molecule has 0 saturated carbocycles. The summed E-state index contributed by atoms with van der Waals surface area (Å²) in [7, 11) is 0. The van der Waals surface area contributed by atoms with E-state index in [9.17, 15) is 4.79 Å². The van der Waals surface area contributed by atoms with E-state index < -0.39 is 0 Å². The number of hydrogen-bond acceptors (Lipinski definition) is 3. The van der Waals surface area contributed by atoms with Crippen molar-refractivity contribution in [3.63, 3.8) is 0 Å². The van der Waals surface area contributed by atoms with Crippen LogP contribution < -0.4 is 10.6 Å². The summed E-state index contributed by atoms with van der Waals surface area (Å²) in [5.74, 6) is 0. The van der Waals surface area contributed by atoms with Gasteiger partial charge >= 0.3 is 6.03 Å². The Morgan fingerprint density at radius 1 is 1.55 bits per heavy atom. The maximum Gasteiger partial charge on any atom is 0.315 e. The van der Waals surface area contributed by atoms with Crippen LogP contribution in [0.2, 0.25) is 0 Å². The Labute approximate surface area is 124 Å². The van der Waals surface area contributed by atoms with Gasteiger partial charge in [-0.2, -0.15) is 0 Å². The van der Waals surface area contributed by atoms with Gasteiger partial charge in [-0.25, -0.2) is 4.79 Å². The highest BCUT2D eigenvalue weighted by atomic mass is 32.1. The van der Waals surface area contributed by atoms with Crippen molar-refractivity contribution in [2.24, 2.45) is 0 Å². The number of hydrogen-bond donors (Lipinski definition) is 2. The molecular formula is C15H24N2O2S. The molecule has 0 spiro atoms. The van der Waals surface area contributed by atoms with Crippen LogP contribution in [0.5, 0.6) is 0 Å². The first kappa shape index (κ1) is 15.3. The fourth-order valence-electron chi connectivity index (χ4n) is 2.44. The average Bonchev–Trinajstić information content (AvgIpc) is 3.01. The quantitative estimate of drug-likeness (QED) is 0.848. The van der Waals surface area contributed by atoms with Gasteiger partial charge in [-0.1, -0.05) is 0 Å². The first-order valence-electron chi connectivity index (χ1n) is 7.35. The SMILES string of the molecule is Cc1ccc(CC(C)NC(=O)NCCC2CCCO2)s1. The zero-order valence-electron chi connectivity index (χ0n) is 12.3. The summed E-state index contributed by atoms with van der Waals surface area (Å²) < 4.78 is 5.53. The predicted molar refractivity (Wildman–Crippen MR) is 82.3 cm³/mol. The second-order valence-electron chi connectivity index (χ2n) is 5.44. The molecule has 1 aliphatic heterocycles. The Kier molecular flexibility index (Phi) is 5.86. The zero-order chi connectivity index (χ0) is 14.4. The van der Waals surface area contributed by atoms with E-state index in [-0.39, 0.29) is 12.1 Å². The van der Waals surface area contributed by atoms with Gasteiger partial charge in [0.15, 0.2) is 0 Å². The van der Waals surface area contributed by atoms with E-state index in [2.05, 4.69) is 29.7 Å². The molecule has 20 heavy (non-hydrogen) atoms. The van der Waals surface area contributed by atoms with E-state index >= 15 is 0 Å². The summed E-state index contributed by atoms with van der Waals surface area (Å²) in [6.07, 6.45) is 4.40. The van der Waals surface area contributed by atoms with Gasteiger partial charge in [0.05, 0.1) is 6.10 Å². The van der Waals surface area contributed by atoms with Crippen LogP contribution in [0.3, 0.4) is 0 Å². The van der Waals surface area contributed by atoms with E-state index in [1.54, 1.807) is 11.3 Å². The average molecular weight is 296 g/mol. The number of carbonyl (C=O) groups excluding carboxylic acids is 1.